The molecule has 0 amide bonds. The lowest BCUT2D eigenvalue weighted by Gasteiger charge is -1.97. The number of ether oxygens (including phenoxy) is 1. The molecule has 0 aliphatic carbocycles. The van der Waals surface area contributed by atoms with Gasteiger partial charge < -0.3 is 9.15 Å². The predicted molar refractivity (Wildman–Crippen MR) is 54.3 cm³/mol. The summed E-state index contributed by atoms with van der Waals surface area (Å²) in [6.07, 6.45) is 1.46. The van der Waals surface area contributed by atoms with Gasteiger partial charge >= 0.3 is 0 Å². The molecule has 6 heteroatoms. The fourth-order valence-corrected chi connectivity index (χ4v) is 1.46. The van der Waals surface area contributed by atoms with Crippen molar-refractivity contribution in [2.75, 3.05) is 0 Å². The first kappa shape index (κ1) is 10.4. The monoisotopic (exact) mass is 221 g/mol. The minimum atomic E-state index is 0.127. The van der Waals surface area contributed by atoms with E-state index >= 15 is 0 Å². The largest absolute Gasteiger partial charge is 0.460 e. The molecule has 2 aromatic heterocycles. The van der Waals surface area contributed by atoms with Gasteiger partial charge in [0.25, 0.3) is 6.47 Å². The van der Waals surface area contributed by atoms with E-state index in [0.29, 0.717) is 23.8 Å². The summed E-state index contributed by atoms with van der Waals surface area (Å²) in [6, 6.07) is 1.81. The molecule has 2 rings (SSSR count). The molecule has 0 aliphatic heterocycles. The van der Waals surface area contributed by atoms with E-state index in [4.69, 9.17) is 4.42 Å². The van der Waals surface area contributed by atoms with Crippen LogP contribution in [0.2, 0.25) is 0 Å². The van der Waals surface area contributed by atoms with Crippen LogP contribution in [0, 0.1) is 6.92 Å². The summed E-state index contributed by atoms with van der Waals surface area (Å²) in [5.41, 5.74) is 0.931. The Hall–Kier alpha value is -2.11. The lowest BCUT2D eigenvalue weighted by molar-refractivity contribution is -0.130. The Kier molecular flexibility index (Phi) is 2.72. The number of nitrogens with zero attached hydrogens (tertiary/aromatic N) is 3. The third-order valence-corrected chi connectivity index (χ3v) is 2.18. The second-order valence-electron chi connectivity index (χ2n) is 3.34. The number of aromatic nitrogens is 3. The van der Waals surface area contributed by atoms with Crippen molar-refractivity contribution in [3.8, 4) is 11.6 Å². The molecule has 0 spiro atoms. The number of aryl methyl sites for hydroxylation is 2. The molecule has 0 N–H and O–H groups in total. The minimum Gasteiger partial charge on any atom is -0.460 e. The van der Waals surface area contributed by atoms with Gasteiger partial charge in [-0.1, -0.05) is 0 Å². The van der Waals surface area contributed by atoms with Gasteiger partial charge in [0.1, 0.15) is 18.7 Å². The van der Waals surface area contributed by atoms with Gasteiger partial charge in [-0.05, 0) is 18.6 Å². The average molecular weight is 221 g/mol. The Labute approximate surface area is 91.8 Å². The number of furan rings is 1. The SMILES string of the molecule is Cc1cc(COC=O)oc1-c1ncnn1C. The summed E-state index contributed by atoms with van der Waals surface area (Å²) in [6.45, 7) is 2.42. The predicted octanol–water partition coefficient (Wildman–Crippen LogP) is 1.06. The second-order valence-corrected chi connectivity index (χ2v) is 3.34. The van der Waals surface area contributed by atoms with E-state index < -0.39 is 0 Å². The van der Waals surface area contributed by atoms with Gasteiger partial charge in [0.2, 0.25) is 0 Å². The molecule has 0 bridgehead atoms. The van der Waals surface area contributed by atoms with Crippen molar-refractivity contribution >= 4 is 6.47 Å². The van der Waals surface area contributed by atoms with Crippen LogP contribution in [0.15, 0.2) is 16.8 Å². The fourth-order valence-electron chi connectivity index (χ4n) is 1.46. The highest BCUT2D eigenvalue weighted by molar-refractivity contribution is 5.52. The average Bonchev–Trinajstić information content (AvgIpc) is 2.82. The van der Waals surface area contributed by atoms with Crippen LogP contribution < -0.4 is 0 Å². The van der Waals surface area contributed by atoms with Crippen LogP contribution in [0.4, 0.5) is 0 Å². The summed E-state index contributed by atoms with van der Waals surface area (Å²) in [7, 11) is 1.78. The topological polar surface area (TPSA) is 70.2 Å². The number of carbonyl (C=O) groups excluding carboxylic acids is 1. The van der Waals surface area contributed by atoms with Gasteiger partial charge in [0.15, 0.2) is 11.6 Å². The molecule has 0 unspecified atom stereocenters. The smallest absolute Gasteiger partial charge is 0.293 e. The number of rotatable bonds is 4. The van der Waals surface area contributed by atoms with Gasteiger partial charge in [-0.15, -0.1) is 0 Å². The van der Waals surface area contributed by atoms with E-state index in [1.165, 1.54) is 6.33 Å². The standard InChI is InChI=1S/C10H11N3O3/c1-7-3-8(4-15-6-14)16-9(7)10-11-5-12-13(10)2/h3,5-6H,4H2,1-2H3. The van der Waals surface area contributed by atoms with Crippen LogP contribution in [0.3, 0.4) is 0 Å². The van der Waals surface area contributed by atoms with Gasteiger partial charge in [-0.2, -0.15) is 5.10 Å². The first-order valence-electron chi connectivity index (χ1n) is 4.71. The van der Waals surface area contributed by atoms with Crippen LogP contribution in [0.1, 0.15) is 11.3 Å². The van der Waals surface area contributed by atoms with Gasteiger partial charge in [-0.25, -0.2) is 9.67 Å². The van der Waals surface area contributed by atoms with Gasteiger partial charge in [0.05, 0.1) is 0 Å². The lowest BCUT2D eigenvalue weighted by atomic mass is 10.2. The molecule has 0 atom stereocenters. The number of hydrogen-bond donors (Lipinski definition) is 0. The third kappa shape index (κ3) is 1.81. The normalized spacial score (nSPS) is 10.4. The highest BCUT2D eigenvalue weighted by Gasteiger charge is 2.14. The van der Waals surface area contributed by atoms with Crippen molar-refractivity contribution in [1.29, 1.82) is 0 Å². The van der Waals surface area contributed by atoms with Crippen molar-refractivity contribution < 1.29 is 13.9 Å². The summed E-state index contributed by atoms with van der Waals surface area (Å²) in [5, 5.41) is 3.96. The van der Waals surface area contributed by atoms with Gasteiger partial charge in [0, 0.05) is 7.05 Å². The zero-order valence-corrected chi connectivity index (χ0v) is 9.01. The van der Waals surface area contributed by atoms with Crippen LogP contribution in [-0.4, -0.2) is 21.2 Å². The van der Waals surface area contributed by atoms with Crippen molar-refractivity contribution in [3.05, 3.63) is 23.7 Å². The van der Waals surface area contributed by atoms with E-state index in [2.05, 4.69) is 14.8 Å². The zero-order valence-electron chi connectivity index (χ0n) is 9.01. The quantitative estimate of drug-likeness (QED) is 0.722. The van der Waals surface area contributed by atoms with E-state index in [9.17, 15) is 4.79 Å². The van der Waals surface area contributed by atoms with E-state index in [0.717, 1.165) is 5.56 Å². The van der Waals surface area contributed by atoms with E-state index in [-0.39, 0.29) is 6.61 Å². The fraction of sp³-hybridized carbons (Fsp3) is 0.300. The molecule has 6 nitrogen and oxygen atoms in total. The minimum absolute atomic E-state index is 0.127. The summed E-state index contributed by atoms with van der Waals surface area (Å²) >= 11 is 0. The Morgan fingerprint density at radius 1 is 1.62 bits per heavy atom. The summed E-state index contributed by atoms with van der Waals surface area (Å²) < 4.78 is 11.8. The molecule has 2 aromatic rings. The molecule has 0 saturated carbocycles. The van der Waals surface area contributed by atoms with Crippen LogP contribution in [0.5, 0.6) is 0 Å². The van der Waals surface area contributed by atoms with Crippen molar-refractivity contribution in [2.45, 2.75) is 13.5 Å². The summed E-state index contributed by atoms with van der Waals surface area (Å²) in [5.74, 6) is 1.88. The maximum Gasteiger partial charge on any atom is 0.293 e. The van der Waals surface area contributed by atoms with Crippen molar-refractivity contribution in [3.63, 3.8) is 0 Å². The zero-order chi connectivity index (χ0) is 11.5. The third-order valence-electron chi connectivity index (χ3n) is 2.18. The van der Waals surface area contributed by atoms with E-state index in [1.54, 1.807) is 11.7 Å². The van der Waals surface area contributed by atoms with Crippen LogP contribution >= 0.6 is 0 Å². The highest BCUT2D eigenvalue weighted by Crippen LogP contribution is 2.24. The Morgan fingerprint density at radius 3 is 3.06 bits per heavy atom. The Morgan fingerprint density at radius 2 is 2.44 bits per heavy atom. The maximum absolute atomic E-state index is 10.1. The first-order valence-corrected chi connectivity index (χ1v) is 4.71. The molecule has 16 heavy (non-hydrogen) atoms. The molecule has 0 fully saturated rings. The number of carbonyl (C=O) groups is 1. The van der Waals surface area contributed by atoms with Crippen LogP contribution in [-0.2, 0) is 23.2 Å². The molecular weight excluding hydrogens is 210 g/mol. The Bertz CT molecular complexity index is 501. The molecule has 0 aromatic carbocycles. The maximum atomic E-state index is 10.1. The van der Waals surface area contributed by atoms with Crippen molar-refractivity contribution in [2.24, 2.45) is 7.05 Å². The van der Waals surface area contributed by atoms with Gasteiger partial charge in [-0.3, -0.25) is 4.79 Å². The first-order chi connectivity index (χ1) is 7.72. The van der Waals surface area contributed by atoms with Crippen LogP contribution in [0.25, 0.3) is 11.6 Å². The highest BCUT2D eigenvalue weighted by atomic mass is 16.5. The molecular formula is C10H11N3O3. The lowest BCUT2D eigenvalue weighted by Crippen LogP contribution is -1.94. The van der Waals surface area contributed by atoms with Crippen molar-refractivity contribution in [1.82, 2.24) is 14.8 Å². The Balaban J connectivity index is 2.32. The molecule has 0 saturated heterocycles. The summed E-state index contributed by atoms with van der Waals surface area (Å²) in [4.78, 5) is 14.2. The molecule has 0 aliphatic rings. The molecule has 2 heterocycles. The molecule has 0 radical (unpaired) electrons. The number of hydrogen-bond acceptors (Lipinski definition) is 5. The second kappa shape index (κ2) is 4.18. The molecule has 84 valence electrons. The van der Waals surface area contributed by atoms with E-state index in [1.807, 2.05) is 13.0 Å².